The Hall–Kier alpha value is -6.67. The van der Waals surface area contributed by atoms with Gasteiger partial charge in [0, 0.05) is 49.9 Å². The van der Waals surface area contributed by atoms with Crippen LogP contribution in [0.25, 0.3) is 22.3 Å². The highest BCUT2D eigenvalue weighted by Gasteiger charge is 2.46. The first-order chi connectivity index (χ1) is 31.0. The topological polar surface area (TPSA) is 206 Å². The van der Waals surface area contributed by atoms with Gasteiger partial charge in [-0.2, -0.15) is 4.31 Å². The molecule has 3 fully saturated rings. The number of amides is 5. The van der Waals surface area contributed by atoms with Gasteiger partial charge in [-0.05, 0) is 107 Å². The van der Waals surface area contributed by atoms with Crippen molar-refractivity contribution in [3.8, 4) is 17.0 Å². The Morgan fingerprint density at radius 1 is 0.938 bits per heavy atom. The van der Waals surface area contributed by atoms with Crippen LogP contribution in [0.3, 0.4) is 0 Å². The summed E-state index contributed by atoms with van der Waals surface area (Å²) < 4.78 is 67.0. The van der Waals surface area contributed by atoms with Crippen LogP contribution in [-0.2, 0) is 24.4 Å². The number of hydrogen-bond donors (Lipinski definition) is 2. The molecule has 1 unspecified atom stereocenters. The monoisotopic (exact) mass is 909 g/mol. The number of halogens is 2. The highest BCUT2D eigenvalue weighted by Crippen LogP contribution is 2.43. The Morgan fingerprint density at radius 2 is 1.65 bits per heavy atom. The lowest BCUT2D eigenvalue weighted by molar-refractivity contribution is -0.137. The molecular weight excluding hydrogens is 865 g/mol. The number of carbonyl (C=O) groups excluding carboxylic acids is 5. The van der Waals surface area contributed by atoms with Crippen molar-refractivity contribution in [2.75, 3.05) is 38.1 Å². The van der Waals surface area contributed by atoms with Crippen molar-refractivity contribution in [3.63, 3.8) is 0 Å². The fraction of sp³-hybridized carbons (Fsp3) is 0.378. The summed E-state index contributed by atoms with van der Waals surface area (Å²) in [6.45, 7) is 6.77. The van der Waals surface area contributed by atoms with Gasteiger partial charge in [0.2, 0.25) is 27.8 Å². The Morgan fingerprint density at radius 3 is 2.34 bits per heavy atom. The molecule has 65 heavy (non-hydrogen) atoms. The van der Waals surface area contributed by atoms with E-state index in [-0.39, 0.29) is 81.3 Å². The molecule has 0 aliphatic carbocycles. The summed E-state index contributed by atoms with van der Waals surface area (Å²) in [5.41, 5.74) is 1.12. The summed E-state index contributed by atoms with van der Waals surface area (Å²) in [4.78, 5) is 79.4. The molecule has 5 amide bonds. The SMILES string of the molecule is Cc1nc2c(F)cc(-c3nc(Nc4ccc(S(=O)(=O)N5CCC6(CCN(C(=O)COc7cccc8c7C(=O)N(C7CCC(=O)NC7=O)C8=O)CC6)CC5)cc4)ncc3F)cc2n1C(C)C. The molecular formula is C45H45F2N9O8S. The lowest BCUT2D eigenvalue weighted by atomic mass is 9.71. The molecule has 9 rings (SSSR count). The average Bonchev–Trinajstić information content (AvgIpc) is 3.76. The number of sulfonamides is 1. The van der Waals surface area contributed by atoms with Crippen LogP contribution in [0.2, 0.25) is 0 Å². The highest BCUT2D eigenvalue weighted by molar-refractivity contribution is 7.89. The zero-order valence-corrected chi connectivity index (χ0v) is 36.6. The number of rotatable bonds is 10. The zero-order valence-electron chi connectivity index (χ0n) is 35.8. The van der Waals surface area contributed by atoms with Crippen LogP contribution in [0.1, 0.15) is 85.0 Å². The van der Waals surface area contributed by atoms with Crippen LogP contribution in [0.15, 0.2) is 65.7 Å². The molecule has 4 aliphatic heterocycles. The number of ether oxygens (including phenoxy) is 1. The fourth-order valence-electron chi connectivity index (χ4n) is 9.44. The number of aryl methyl sites for hydroxylation is 1. The molecule has 20 heteroatoms. The van der Waals surface area contributed by atoms with Crippen molar-refractivity contribution in [2.45, 2.75) is 76.3 Å². The van der Waals surface area contributed by atoms with Gasteiger partial charge in [-0.1, -0.05) is 6.07 Å². The third-order valence-electron chi connectivity index (χ3n) is 12.9. The Kier molecular flexibility index (Phi) is 11.2. The minimum atomic E-state index is -3.85. The number of imidazole rings is 1. The van der Waals surface area contributed by atoms with Gasteiger partial charge in [0.1, 0.15) is 28.8 Å². The Bertz CT molecular complexity index is 2910. The second-order valence-corrected chi connectivity index (χ2v) is 19.1. The van der Waals surface area contributed by atoms with E-state index < -0.39 is 51.3 Å². The summed E-state index contributed by atoms with van der Waals surface area (Å²) in [5.74, 6) is -3.56. The number of piperidine rings is 3. The zero-order chi connectivity index (χ0) is 45.9. The lowest BCUT2D eigenvalue weighted by Crippen LogP contribution is -2.54. The molecule has 0 bridgehead atoms. The van der Waals surface area contributed by atoms with E-state index in [0.29, 0.717) is 68.9 Å². The second kappa shape index (κ2) is 16.7. The number of benzene rings is 3. The number of carbonyl (C=O) groups is 5. The number of imide groups is 2. The van der Waals surface area contributed by atoms with Crippen molar-refractivity contribution in [2.24, 2.45) is 5.41 Å². The van der Waals surface area contributed by atoms with Crippen molar-refractivity contribution in [1.29, 1.82) is 0 Å². The van der Waals surface area contributed by atoms with E-state index in [1.807, 2.05) is 18.4 Å². The van der Waals surface area contributed by atoms with E-state index >= 15 is 8.78 Å². The molecule has 3 aromatic carbocycles. The molecule has 0 radical (unpaired) electrons. The molecule has 338 valence electrons. The van der Waals surface area contributed by atoms with Crippen LogP contribution in [0, 0.1) is 24.0 Å². The van der Waals surface area contributed by atoms with Gasteiger partial charge in [-0.15, -0.1) is 0 Å². The van der Waals surface area contributed by atoms with E-state index in [1.165, 1.54) is 40.7 Å². The van der Waals surface area contributed by atoms with Crippen LogP contribution in [0.4, 0.5) is 20.4 Å². The number of fused-ring (bicyclic) bond motifs is 2. The molecule has 17 nitrogen and oxygen atoms in total. The molecule has 3 saturated heterocycles. The van der Waals surface area contributed by atoms with Gasteiger partial charge in [0.25, 0.3) is 17.7 Å². The summed E-state index contributed by atoms with van der Waals surface area (Å²) in [7, 11) is -3.85. The maximum absolute atomic E-state index is 15.2. The maximum Gasteiger partial charge on any atom is 0.266 e. The third-order valence-corrected chi connectivity index (χ3v) is 14.9. The van der Waals surface area contributed by atoms with Gasteiger partial charge < -0.3 is 19.5 Å². The molecule has 6 heterocycles. The number of hydrogen-bond acceptors (Lipinski definition) is 12. The molecule has 4 aliphatic rings. The minimum Gasteiger partial charge on any atom is -0.483 e. The van der Waals surface area contributed by atoms with E-state index in [0.717, 1.165) is 11.1 Å². The van der Waals surface area contributed by atoms with Crippen molar-refractivity contribution >= 4 is 62.2 Å². The molecule has 1 spiro atoms. The standard InChI is InChI=1S/C45H45F2N9O8S/c1-25(2)55-26(3)49-40-31(46)21-27(22-34(40)55)39-32(47)23-48-44(52-39)50-28-7-9-29(10-8-28)65(62,63)54-19-15-45(16-20-54)13-17-53(18-14-45)37(58)24-64-35-6-4-5-30-38(35)43(61)56(42(30)60)33-11-12-36(57)51-41(33)59/h4-10,21-23,25,33H,11-20,24H2,1-3H3,(H,48,50,52)(H,51,57,59). The quantitative estimate of drug-likeness (QED) is 0.172. The largest absolute Gasteiger partial charge is 0.483 e. The van der Waals surface area contributed by atoms with Crippen LogP contribution in [-0.4, -0.2) is 110 Å². The summed E-state index contributed by atoms with van der Waals surface area (Å²) in [6, 6.07) is 12.2. The Balaban J connectivity index is 0.783. The first-order valence-corrected chi connectivity index (χ1v) is 22.8. The first-order valence-electron chi connectivity index (χ1n) is 21.4. The number of nitrogens with zero attached hydrogens (tertiary/aromatic N) is 7. The molecule has 0 saturated carbocycles. The van der Waals surface area contributed by atoms with E-state index in [9.17, 15) is 32.4 Å². The summed E-state index contributed by atoms with van der Waals surface area (Å²) in [6.07, 6.45) is 3.55. The van der Waals surface area contributed by atoms with Gasteiger partial charge in [-0.25, -0.2) is 32.2 Å². The molecule has 2 N–H and O–H groups in total. The van der Waals surface area contributed by atoms with Gasteiger partial charge in [0.05, 0.1) is 27.7 Å². The minimum absolute atomic E-state index is 0.0110. The molecule has 5 aromatic rings. The molecule has 2 aromatic heterocycles. The van der Waals surface area contributed by atoms with Crippen molar-refractivity contribution in [1.82, 2.24) is 38.9 Å². The normalized spacial score (nSPS) is 19.0. The van der Waals surface area contributed by atoms with Gasteiger partial charge in [-0.3, -0.25) is 34.2 Å². The van der Waals surface area contributed by atoms with Crippen LogP contribution >= 0.6 is 0 Å². The fourth-order valence-corrected chi connectivity index (χ4v) is 10.9. The van der Waals surface area contributed by atoms with Crippen LogP contribution in [0.5, 0.6) is 5.75 Å². The number of likely N-dealkylation sites (tertiary alicyclic amines) is 1. The van der Waals surface area contributed by atoms with E-state index in [4.69, 9.17) is 4.74 Å². The maximum atomic E-state index is 15.2. The summed E-state index contributed by atoms with van der Waals surface area (Å²) in [5, 5.41) is 5.15. The number of aromatic nitrogens is 4. The smallest absolute Gasteiger partial charge is 0.266 e. The highest BCUT2D eigenvalue weighted by atomic mass is 32.2. The second-order valence-electron chi connectivity index (χ2n) is 17.2. The van der Waals surface area contributed by atoms with Gasteiger partial charge in [0.15, 0.2) is 18.2 Å². The number of nitrogens with one attached hydrogen (secondary N) is 2. The predicted molar refractivity (Wildman–Crippen MR) is 230 cm³/mol. The van der Waals surface area contributed by atoms with E-state index in [2.05, 4.69) is 25.6 Å². The lowest BCUT2D eigenvalue weighted by Gasteiger charge is -2.46. The average molecular weight is 910 g/mol. The first kappa shape index (κ1) is 43.6. The van der Waals surface area contributed by atoms with Crippen molar-refractivity contribution in [3.05, 3.63) is 89.4 Å². The number of anilines is 2. The van der Waals surface area contributed by atoms with E-state index in [1.54, 1.807) is 30.0 Å². The Labute approximate surface area is 372 Å². The summed E-state index contributed by atoms with van der Waals surface area (Å²) >= 11 is 0. The third kappa shape index (κ3) is 7.98. The van der Waals surface area contributed by atoms with Gasteiger partial charge >= 0.3 is 0 Å². The predicted octanol–water partition coefficient (Wildman–Crippen LogP) is 5.28. The molecule has 1 atom stereocenters. The van der Waals surface area contributed by atoms with Crippen molar-refractivity contribution < 1.29 is 45.9 Å². The van der Waals surface area contributed by atoms with Crippen LogP contribution < -0.4 is 15.4 Å².